The van der Waals surface area contributed by atoms with Crippen molar-refractivity contribution in [2.45, 2.75) is 12.8 Å². The lowest BCUT2D eigenvalue weighted by atomic mass is 10.3. The monoisotopic (exact) mass is 345 g/mol. The Hall–Kier alpha value is -2.25. The SMILES string of the molecule is O=C(Nc1nnc(CCCOc2ccccc2)s1)c1cccs1. The van der Waals surface area contributed by atoms with Crippen molar-refractivity contribution in [1.82, 2.24) is 10.2 Å². The quantitative estimate of drug-likeness (QED) is 0.660. The summed E-state index contributed by atoms with van der Waals surface area (Å²) in [4.78, 5) is 12.6. The van der Waals surface area contributed by atoms with Crippen LogP contribution in [0.5, 0.6) is 5.75 Å². The lowest BCUT2D eigenvalue weighted by molar-refractivity contribution is 0.103. The average molecular weight is 345 g/mol. The number of benzene rings is 1. The van der Waals surface area contributed by atoms with Gasteiger partial charge in [-0.3, -0.25) is 10.1 Å². The zero-order valence-corrected chi connectivity index (χ0v) is 13.9. The van der Waals surface area contributed by atoms with Crippen LogP contribution in [0.4, 0.5) is 5.13 Å². The Bertz CT molecular complexity index is 742. The highest BCUT2D eigenvalue weighted by Gasteiger charge is 2.10. The molecule has 0 fully saturated rings. The Morgan fingerprint density at radius 1 is 1.13 bits per heavy atom. The van der Waals surface area contributed by atoms with Crippen molar-refractivity contribution < 1.29 is 9.53 Å². The molecule has 0 saturated carbocycles. The van der Waals surface area contributed by atoms with Gasteiger partial charge < -0.3 is 4.74 Å². The molecule has 3 aromatic rings. The van der Waals surface area contributed by atoms with Crippen LogP contribution in [0.25, 0.3) is 0 Å². The van der Waals surface area contributed by atoms with E-state index in [0.717, 1.165) is 23.6 Å². The molecule has 5 nitrogen and oxygen atoms in total. The van der Waals surface area contributed by atoms with E-state index in [1.165, 1.54) is 22.7 Å². The minimum absolute atomic E-state index is 0.143. The lowest BCUT2D eigenvalue weighted by Gasteiger charge is -2.04. The number of aryl methyl sites for hydroxylation is 1. The lowest BCUT2D eigenvalue weighted by Crippen LogP contribution is -2.09. The average Bonchev–Trinajstić information content (AvgIpc) is 3.24. The molecule has 23 heavy (non-hydrogen) atoms. The van der Waals surface area contributed by atoms with Gasteiger partial charge in [-0.1, -0.05) is 35.6 Å². The molecular weight excluding hydrogens is 330 g/mol. The third-order valence-electron chi connectivity index (χ3n) is 2.98. The number of aromatic nitrogens is 2. The molecule has 7 heteroatoms. The van der Waals surface area contributed by atoms with Gasteiger partial charge in [0.1, 0.15) is 10.8 Å². The zero-order valence-electron chi connectivity index (χ0n) is 12.3. The maximum atomic E-state index is 11.9. The largest absolute Gasteiger partial charge is 0.494 e. The number of para-hydroxylation sites is 1. The van der Waals surface area contributed by atoms with Gasteiger partial charge in [-0.15, -0.1) is 21.5 Å². The van der Waals surface area contributed by atoms with Gasteiger partial charge >= 0.3 is 0 Å². The molecule has 0 aliphatic carbocycles. The fourth-order valence-electron chi connectivity index (χ4n) is 1.90. The number of hydrogen-bond acceptors (Lipinski definition) is 6. The number of rotatable bonds is 7. The van der Waals surface area contributed by atoms with Crippen LogP contribution in [0.3, 0.4) is 0 Å². The van der Waals surface area contributed by atoms with Gasteiger partial charge in [0.2, 0.25) is 5.13 Å². The second-order valence-corrected chi connectivity index (χ2v) is 6.71. The van der Waals surface area contributed by atoms with Gasteiger partial charge in [0.15, 0.2) is 0 Å². The Balaban J connectivity index is 1.43. The number of hydrogen-bond donors (Lipinski definition) is 1. The van der Waals surface area contributed by atoms with Crippen LogP contribution in [-0.4, -0.2) is 22.7 Å². The number of carbonyl (C=O) groups is 1. The van der Waals surface area contributed by atoms with Crippen LogP contribution in [0, 0.1) is 0 Å². The van der Waals surface area contributed by atoms with Crippen molar-refractivity contribution in [1.29, 1.82) is 0 Å². The summed E-state index contributed by atoms with van der Waals surface area (Å²) < 4.78 is 5.64. The highest BCUT2D eigenvalue weighted by molar-refractivity contribution is 7.15. The van der Waals surface area contributed by atoms with Gasteiger partial charge in [0.25, 0.3) is 5.91 Å². The first-order valence-electron chi connectivity index (χ1n) is 7.16. The minimum atomic E-state index is -0.143. The number of nitrogens with one attached hydrogen (secondary N) is 1. The summed E-state index contributed by atoms with van der Waals surface area (Å²) in [5.41, 5.74) is 0. The highest BCUT2D eigenvalue weighted by atomic mass is 32.1. The summed E-state index contributed by atoms with van der Waals surface area (Å²) in [6, 6.07) is 13.3. The summed E-state index contributed by atoms with van der Waals surface area (Å²) in [5, 5.41) is 14.2. The van der Waals surface area contributed by atoms with Crippen LogP contribution in [-0.2, 0) is 6.42 Å². The van der Waals surface area contributed by atoms with Gasteiger partial charge in [-0.05, 0) is 30.0 Å². The van der Waals surface area contributed by atoms with Crippen molar-refractivity contribution in [3.05, 3.63) is 57.7 Å². The second kappa shape index (κ2) is 7.85. The molecule has 0 saturated heterocycles. The Kier molecular flexibility index (Phi) is 5.33. The van der Waals surface area contributed by atoms with E-state index in [9.17, 15) is 4.79 Å². The molecule has 1 aromatic carbocycles. The fourth-order valence-corrected chi connectivity index (χ4v) is 3.30. The predicted molar refractivity (Wildman–Crippen MR) is 92.4 cm³/mol. The van der Waals surface area contributed by atoms with E-state index < -0.39 is 0 Å². The highest BCUT2D eigenvalue weighted by Crippen LogP contribution is 2.19. The standard InChI is InChI=1S/C16H15N3O2S2/c20-15(13-8-5-11-22-13)17-16-19-18-14(23-16)9-4-10-21-12-6-2-1-3-7-12/h1-3,5-8,11H,4,9-10H2,(H,17,19,20). The van der Waals surface area contributed by atoms with Crippen LogP contribution in [0.15, 0.2) is 47.8 Å². The third-order valence-corrected chi connectivity index (χ3v) is 4.75. The van der Waals surface area contributed by atoms with Crippen LogP contribution in [0.1, 0.15) is 21.1 Å². The summed E-state index contributed by atoms with van der Waals surface area (Å²) >= 11 is 2.80. The van der Waals surface area contributed by atoms with Crippen molar-refractivity contribution in [3.63, 3.8) is 0 Å². The van der Waals surface area contributed by atoms with E-state index in [-0.39, 0.29) is 5.91 Å². The van der Waals surface area contributed by atoms with E-state index in [1.807, 2.05) is 41.8 Å². The summed E-state index contributed by atoms with van der Waals surface area (Å²) in [5.74, 6) is 0.726. The smallest absolute Gasteiger partial charge is 0.267 e. The van der Waals surface area contributed by atoms with Crippen LogP contribution in [0.2, 0.25) is 0 Å². The molecule has 118 valence electrons. The molecule has 0 aliphatic rings. The fraction of sp³-hybridized carbons (Fsp3) is 0.188. The van der Waals surface area contributed by atoms with Crippen molar-refractivity contribution in [3.8, 4) is 5.75 Å². The Morgan fingerprint density at radius 3 is 2.78 bits per heavy atom. The first-order valence-corrected chi connectivity index (χ1v) is 8.86. The minimum Gasteiger partial charge on any atom is -0.494 e. The Labute approximate surface area is 142 Å². The van der Waals surface area contributed by atoms with Gasteiger partial charge in [-0.2, -0.15) is 0 Å². The van der Waals surface area contributed by atoms with Crippen LogP contribution >= 0.6 is 22.7 Å². The Morgan fingerprint density at radius 2 is 2.00 bits per heavy atom. The number of anilines is 1. The van der Waals surface area contributed by atoms with E-state index in [4.69, 9.17) is 4.74 Å². The van der Waals surface area contributed by atoms with Crippen molar-refractivity contribution in [2.75, 3.05) is 11.9 Å². The van der Waals surface area contributed by atoms with E-state index in [1.54, 1.807) is 6.07 Å². The third kappa shape index (κ3) is 4.61. The molecule has 0 atom stereocenters. The first-order chi connectivity index (χ1) is 11.3. The maximum absolute atomic E-state index is 11.9. The van der Waals surface area contributed by atoms with Gasteiger partial charge in [0.05, 0.1) is 11.5 Å². The number of amides is 1. The van der Waals surface area contributed by atoms with E-state index in [2.05, 4.69) is 15.5 Å². The zero-order chi connectivity index (χ0) is 15.9. The molecule has 3 rings (SSSR count). The molecule has 0 spiro atoms. The summed E-state index contributed by atoms with van der Waals surface area (Å²) in [7, 11) is 0. The number of carbonyl (C=O) groups excluding carboxylic acids is 1. The molecule has 2 heterocycles. The molecular formula is C16H15N3O2S2. The van der Waals surface area contributed by atoms with E-state index in [0.29, 0.717) is 16.6 Å². The van der Waals surface area contributed by atoms with Crippen molar-refractivity contribution in [2.24, 2.45) is 0 Å². The van der Waals surface area contributed by atoms with Gasteiger partial charge in [-0.25, -0.2) is 0 Å². The molecule has 2 aromatic heterocycles. The van der Waals surface area contributed by atoms with E-state index >= 15 is 0 Å². The summed E-state index contributed by atoms with van der Waals surface area (Å²) in [6.45, 7) is 0.625. The number of thiophene rings is 1. The topological polar surface area (TPSA) is 64.1 Å². The maximum Gasteiger partial charge on any atom is 0.267 e. The first kappa shape index (κ1) is 15.6. The predicted octanol–water partition coefficient (Wildman–Crippen LogP) is 3.86. The second-order valence-electron chi connectivity index (χ2n) is 4.70. The molecule has 0 aliphatic heterocycles. The normalized spacial score (nSPS) is 10.4. The molecule has 1 amide bonds. The molecule has 0 bridgehead atoms. The molecule has 0 radical (unpaired) electrons. The van der Waals surface area contributed by atoms with Crippen molar-refractivity contribution >= 4 is 33.7 Å². The molecule has 1 N–H and O–H groups in total. The van der Waals surface area contributed by atoms with Crippen LogP contribution < -0.4 is 10.1 Å². The molecule has 0 unspecified atom stereocenters. The number of ether oxygens (including phenoxy) is 1. The summed E-state index contributed by atoms with van der Waals surface area (Å²) in [6.07, 6.45) is 1.63. The van der Waals surface area contributed by atoms with Gasteiger partial charge in [0, 0.05) is 6.42 Å². The number of nitrogens with zero attached hydrogens (tertiary/aromatic N) is 2.